The average Bonchev–Trinajstić information content (AvgIpc) is 2.98. The first kappa shape index (κ1) is 18.0. The second-order valence-corrected chi connectivity index (χ2v) is 6.25. The maximum absolute atomic E-state index is 13.0. The lowest BCUT2D eigenvalue weighted by molar-refractivity contribution is -0.138. The number of amides is 2. The summed E-state index contributed by atoms with van der Waals surface area (Å²) >= 11 is 0. The van der Waals surface area contributed by atoms with E-state index in [1.165, 1.54) is 26.0 Å². The molecule has 0 radical (unpaired) electrons. The second kappa shape index (κ2) is 6.48. The second-order valence-electron chi connectivity index (χ2n) is 6.25. The van der Waals surface area contributed by atoms with E-state index in [1.807, 2.05) is 0 Å². The van der Waals surface area contributed by atoms with Gasteiger partial charge in [0.05, 0.1) is 5.56 Å². The molecule has 2 aromatic rings. The normalized spacial score (nSPS) is 13.5. The molecule has 2 amide bonds. The molecule has 2 aromatic carbocycles. The summed E-state index contributed by atoms with van der Waals surface area (Å²) in [5.74, 6) is -0.564. The molecular formula is C19H17F3N2O2. The highest BCUT2D eigenvalue weighted by atomic mass is 19.4. The minimum Gasteiger partial charge on any atom is -0.322 e. The zero-order chi connectivity index (χ0) is 19.1. The Morgan fingerprint density at radius 3 is 2.50 bits per heavy atom. The molecule has 0 saturated heterocycles. The Kier molecular flexibility index (Phi) is 4.48. The minimum atomic E-state index is -4.48. The van der Waals surface area contributed by atoms with Gasteiger partial charge in [-0.15, -0.1) is 0 Å². The molecule has 0 fully saturated rings. The number of anilines is 2. The molecule has 7 heteroatoms. The van der Waals surface area contributed by atoms with Crippen molar-refractivity contribution in [3.05, 3.63) is 58.7 Å². The molecule has 1 heterocycles. The fraction of sp³-hybridized carbons (Fsp3) is 0.263. The van der Waals surface area contributed by atoms with Crippen molar-refractivity contribution in [3.8, 4) is 0 Å². The van der Waals surface area contributed by atoms with Gasteiger partial charge in [-0.1, -0.05) is 6.07 Å². The van der Waals surface area contributed by atoms with Gasteiger partial charge in [0.15, 0.2) is 0 Å². The van der Waals surface area contributed by atoms with Crippen LogP contribution in [0.4, 0.5) is 24.5 Å². The largest absolute Gasteiger partial charge is 0.416 e. The number of halogens is 3. The highest BCUT2D eigenvalue weighted by Crippen LogP contribution is 2.34. The Morgan fingerprint density at radius 1 is 1.12 bits per heavy atom. The zero-order valence-electron chi connectivity index (χ0n) is 14.3. The highest BCUT2D eigenvalue weighted by Gasteiger charge is 2.32. The molecule has 136 valence electrons. The topological polar surface area (TPSA) is 49.4 Å². The van der Waals surface area contributed by atoms with E-state index in [9.17, 15) is 22.8 Å². The molecule has 1 N–H and O–H groups in total. The number of rotatable bonds is 2. The number of nitrogens with one attached hydrogen (secondary N) is 1. The molecular weight excluding hydrogens is 345 g/mol. The molecule has 1 aliphatic rings. The van der Waals surface area contributed by atoms with Crippen LogP contribution in [0, 0.1) is 6.92 Å². The third-order valence-corrected chi connectivity index (χ3v) is 4.42. The van der Waals surface area contributed by atoms with Crippen LogP contribution in [0.1, 0.15) is 34.0 Å². The molecule has 0 saturated carbocycles. The summed E-state index contributed by atoms with van der Waals surface area (Å²) in [5.41, 5.74) is 1.37. The van der Waals surface area contributed by atoms with E-state index in [4.69, 9.17) is 0 Å². The van der Waals surface area contributed by atoms with Gasteiger partial charge in [-0.2, -0.15) is 13.2 Å². The molecule has 4 nitrogen and oxygen atoms in total. The first-order valence-electron chi connectivity index (χ1n) is 8.07. The molecule has 0 spiro atoms. The smallest absolute Gasteiger partial charge is 0.322 e. The number of aryl methyl sites for hydroxylation is 1. The van der Waals surface area contributed by atoms with E-state index in [0.717, 1.165) is 17.3 Å². The number of nitrogens with zero attached hydrogens (tertiary/aromatic N) is 1. The van der Waals surface area contributed by atoms with Crippen LogP contribution in [0.15, 0.2) is 36.4 Å². The molecule has 0 atom stereocenters. The number of benzene rings is 2. The van der Waals surface area contributed by atoms with Crippen molar-refractivity contribution in [2.75, 3.05) is 16.8 Å². The highest BCUT2D eigenvalue weighted by molar-refractivity contribution is 6.05. The van der Waals surface area contributed by atoms with Gasteiger partial charge >= 0.3 is 6.18 Å². The third kappa shape index (κ3) is 3.42. The summed E-state index contributed by atoms with van der Waals surface area (Å²) in [6, 6.07) is 8.62. The molecule has 3 rings (SSSR count). The molecule has 1 aliphatic heterocycles. The first-order valence-corrected chi connectivity index (χ1v) is 8.07. The summed E-state index contributed by atoms with van der Waals surface area (Å²) in [6.45, 7) is 3.41. The van der Waals surface area contributed by atoms with E-state index >= 15 is 0 Å². The van der Waals surface area contributed by atoms with Crippen LogP contribution < -0.4 is 10.2 Å². The monoisotopic (exact) mass is 362 g/mol. The lowest BCUT2D eigenvalue weighted by Gasteiger charge is -2.15. The maximum Gasteiger partial charge on any atom is 0.416 e. The van der Waals surface area contributed by atoms with Crippen LogP contribution in [-0.2, 0) is 17.4 Å². The van der Waals surface area contributed by atoms with Crippen molar-refractivity contribution in [1.82, 2.24) is 0 Å². The van der Waals surface area contributed by atoms with E-state index in [1.54, 1.807) is 23.1 Å². The van der Waals surface area contributed by atoms with Crippen molar-refractivity contribution < 1.29 is 22.8 Å². The number of alkyl halides is 3. The van der Waals surface area contributed by atoms with Crippen molar-refractivity contribution in [1.29, 1.82) is 0 Å². The quantitative estimate of drug-likeness (QED) is 0.872. The van der Waals surface area contributed by atoms with E-state index in [-0.39, 0.29) is 17.2 Å². The Morgan fingerprint density at radius 2 is 1.85 bits per heavy atom. The van der Waals surface area contributed by atoms with E-state index < -0.39 is 17.6 Å². The summed E-state index contributed by atoms with van der Waals surface area (Å²) < 4.78 is 39.0. The predicted octanol–water partition coefficient (Wildman–Crippen LogP) is 4.18. The third-order valence-electron chi connectivity index (χ3n) is 4.42. The van der Waals surface area contributed by atoms with Gasteiger partial charge in [0.1, 0.15) is 0 Å². The molecule has 0 bridgehead atoms. The number of fused-ring (bicyclic) bond motifs is 1. The Bertz CT molecular complexity index is 891. The van der Waals surface area contributed by atoms with Crippen LogP contribution in [0.3, 0.4) is 0 Å². The van der Waals surface area contributed by atoms with Crippen molar-refractivity contribution in [3.63, 3.8) is 0 Å². The van der Waals surface area contributed by atoms with Crippen LogP contribution in [0.5, 0.6) is 0 Å². The summed E-state index contributed by atoms with van der Waals surface area (Å²) in [4.78, 5) is 25.6. The number of hydrogen-bond donors (Lipinski definition) is 1. The van der Waals surface area contributed by atoms with E-state index in [2.05, 4.69) is 5.32 Å². The lowest BCUT2D eigenvalue weighted by atomic mass is 10.1. The van der Waals surface area contributed by atoms with Gasteiger partial charge in [0.2, 0.25) is 5.91 Å². The fourth-order valence-electron chi connectivity index (χ4n) is 3.08. The van der Waals surface area contributed by atoms with E-state index in [0.29, 0.717) is 18.5 Å². The predicted molar refractivity (Wildman–Crippen MR) is 92.3 cm³/mol. The van der Waals surface area contributed by atoms with Crippen molar-refractivity contribution >= 4 is 23.2 Å². The SMILES string of the molecule is CC(=O)N1CCc2cc(C(=O)Nc3ccc(C)c(C(F)(F)F)c3)ccc21. The first-order chi connectivity index (χ1) is 12.2. The fourth-order valence-corrected chi connectivity index (χ4v) is 3.08. The Labute approximate surface area is 148 Å². The van der Waals surface area contributed by atoms with Gasteiger partial charge < -0.3 is 10.2 Å². The average molecular weight is 362 g/mol. The summed E-state index contributed by atoms with van der Waals surface area (Å²) in [6.07, 6.45) is -3.84. The summed E-state index contributed by atoms with van der Waals surface area (Å²) in [7, 11) is 0. The summed E-state index contributed by atoms with van der Waals surface area (Å²) in [5, 5.41) is 2.50. The van der Waals surface area contributed by atoms with Crippen LogP contribution in [0.2, 0.25) is 0 Å². The number of carbonyl (C=O) groups excluding carboxylic acids is 2. The van der Waals surface area contributed by atoms with Crippen molar-refractivity contribution in [2.24, 2.45) is 0 Å². The number of carbonyl (C=O) groups is 2. The molecule has 0 aliphatic carbocycles. The molecule has 26 heavy (non-hydrogen) atoms. The standard InChI is InChI=1S/C19H17F3N2O2/c1-11-3-5-15(10-16(11)19(20,21)22)23-18(26)14-4-6-17-13(9-14)7-8-24(17)12(2)25/h3-6,9-10H,7-8H2,1-2H3,(H,23,26). The van der Waals surface area contributed by atoms with Crippen LogP contribution >= 0.6 is 0 Å². The molecule has 0 aromatic heterocycles. The van der Waals surface area contributed by atoms with Gasteiger partial charge in [0, 0.05) is 30.4 Å². The van der Waals surface area contributed by atoms with Crippen LogP contribution in [-0.4, -0.2) is 18.4 Å². The maximum atomic E-state index is 13.0. The number of hydrogen-bond acceptors (Lipinski definition) is 2. The zero-order valence-corrected chi connectivity index (χ0v) is 14.3. The van der Waals surface area contributed by atoms with Gasteiger partial charge in [-0.3, -0.25) is 9.59 Å². The van der Waals surface area contributed by atoms with Gasteiger partial charge in [0.25, 0.3) is 5.91 Å². The lowest BCUT2D eigenvalue weighted by Crippen LogP contribution is -2.25. The van der Waals surface area contributed by atoms with Gasteiger partial charge in [-0.25, -0.2) is 0 Å². The molecule has 0 unspecified atom stereocenters. The van der Waals surface area contributed by atoms with Crippen molar-refractivity contribution in [2.45, 2.75) is 26.4 Å². The van der Waals surface area contributed by atoms with Crippen LogP contribution in [0.25, 0.3) is 0 Å². The Hall–Kier alpha value is -2.83. The minimum absolute atomic E-state index is 0.0692. The Balaban J connectivity index is 1.83. The van der Waals surface area contributed by atoms with Gasteiger partial charge in [-0.05, 0) is 54.8 Å².